The number of carbonyl (C=O) groups excluding carboxylic acids is 2. The summed E-state index contributed by atoms with van der Waals surface area (Å²) < 4.78 is 0. The number of hydrogen-bond donors (Lipinski definition) is 1. The van der Waals surface area contributed by atoms with Crippen molar-refractivity contribution in [3.8, 4) is 0 Å². The summed E-state index contributed by atoms with van der Waals surface area (Å²) in [7, 11) is 1.57. The molecule has 1 aliphatic rings. The van der Waals surface area contributed by atoms with Gasteiger partial charge in [-0.3, -0.25) is 14.4 Å². The van der Waals surface area contributed by atoms with Gasteiger partial charge in [-0.05, 0) is 6.42 Å². The van der Waals surface area contributed by atoms with Crippen LogP contribution in [0.25, 0.3) is 0 Å². The monoisotopic (exact) mass is 214 g/mol. The number of aliphatic carboxylic acids is 1. The standard InChI is InChI=1S/C9H14N2O4/c1-10-4-2-5-11(6-3-7(12)13)9(15)8(10)14/h2-6H2,1H3,(H,12,13). The van der Waals surface area contributed by atoms with Crippen LogP contribution in [-0.2, 0) is 14.4 Å². The topological polar surface area (TPSA) is 77.9 Å². The molecule has 0 bridgehead atoms. The molecule has 0 aromatic rings. The van der Waals surface area contributed by atoms with Gasteiger partial charge < -0.3 is 14.9 Å². The Morgan fingerprint density at radius 1 is 1.33 bits per heavy atom. The molecule has 1 aliphatic heterocycles. The van der Waals surface area contributed by atoms with Gasteiger partial charge in [0.2, 0.25) is 0 Å². The van der Waals surface area contributed by atoms with Crippen LogP contribution in [0.15, 0.2) is 0 Å². The summed E-state index contributed by atoms with van der Waals surface area (Å²) in [6.45, 7) is 1.09. The number of likely N-dealkylation sites (N-methyl/N-ethyl adjacent to an activating group) is 1. The van der Waals surface area contributed by atoms with E-state index in [0.29, 0.717) is 19.5 Å². The molecule has 1 rings (SSSR count). The van der Waals surface area contributed by atoms with Crippen molar-refractivity contribution in [2.75, 3.05) is 26.7 Å². The van der Waals surface area contributed by atoms with Crippen molar-refractivity contribution >= 4 is 17.8 Å². The van der Waals surface area contributed by atoms with Gasteiger partial charge in [0.1, 0.15) is 0 Å². The van der Waals surface area contributed by atoms with Crippen molar-refractivity contribution in [3.63, 3.8) is 0 Å². The fraction of sp³-hybridized carbons (Fsp3) is 0.667. The van der Waals surface area contributed by atoms with Gasteiger partial charge in [-0.2, -0.15) is 0 Å². The predicted octanol–water partition coefficient (Wildman–Crippen LogP) is -0.848. The lowest BCUT2D eigenvalue weighted by Crippen LogP contribution is -2.41. The molecule has 0 radical (unpaired) electrons. The molecule has 1 saturated heterocycles. The van der Waals surface area contributed by atoms with Gasteiger partial charge in [-0.1, -0.05) is 0 Å². The summed E-state index contributed by atoms with van der Waals surface area (Å²) in [5.41, 5.74) is 0. The molecular weight excluding hydrogens is 200 g/mol. The van der Waals surface area contributed by atoms with Crippen molar-refractivity contribution in [3.05, 3.63) is 0 Å². The van der Waals surface area contributed by atoms with E-state index in [1.165, 1.54) is 9.80 Å². The first kappa shape index (κ1) is 11.5. The maximum absolute atomic E-state index is 11.5. The number of carbonyl (C=O) groups is 3. The zero-order chi connectivity index (χ0) is 11.4. The average Bonchev–Trinajstić information content (AvgIpc) is 2.29. The Hall–Kier alpha value is -1.59. The minimum absolute atomic E-state index is 0.105. The highest BCUT2D eigenvalue weighted by molar-refractivity contribution is 6.35. The SMILES string of the molecule is CN1CCCN(CCC(=O)O)C(=O)C1=O. The fourth-order valence-corrected chi connectivity index (χ4v) is 1.44. The summed E-state index contributed by atoms with van der Waals surface area (Å²) >= 11 is 0. The Kier molecular flexibility index (Phi) is 3.65. The summed E-state index contributed by atoms with van der Waals surface area (Å²) in [4.78, 5) is 35.9. The van der Waals surface area contributed by atoms with Crippen LogP contribution in [0.5, 0.6) is 0 Å². The van der Waals surface area contributed by atoms with Crippen LogP contribution in [0.3, 0.4) is 0 Å². The molecule has 1 fully saturated rings. The van der Waals surface area contributed by atoms with E-state index in [9.17, 15) is 14.4 Å². The lowest BCUT2D eigenvalue weighted by Gasteiger charge is -2.18. The predicted molar refractivity (Wildman–Crippen MR) is 51.1 cm³/mol. The molecule has 6 heteroatoms. The van der Waals surface area contributed by atoms with Crippen LogP contribution >= 0.6 is 0 Å². The van der Waals surface area contributed by atoms with Crippen molar-refractivity contribution in [1.29, 1.82) is 0 Å². The molecule has 0 unspecified atom stereocenters. The van der Waals surface area contributed by atoms with Gasteiger partial charge in [0.05, 0.1) is 6.42 Å². The van der Waals surface area contributed by atoms with E-state index in [1.807, 2.05) is 0 Å². The first-order chi connectivity index (χ1) is 7.02. The average molecular weight is 214 g/mol. The zero-order valence-corrected chi connectivity index (χ0v) is 8.60. The number of carboxylic acids is 1. The van der Waals surface area contributed by atoms with Crippen LogP contribution in [0, 0.1) is 0 Å². The van der Waals surface area contributed by atoms with E-state index in [1.54, 1.807) is 7.05 Å². The molecule has 0 aromatic heterocycles. The van der Waals surface area contributed by atoms with Crippen molar-refractivity contribution in [2.24, 2.45) is 0 Å². The van der Waals surface area contributed by atoms with Gasteiger partial charge in [0.25, 0.3) is 0 Å². The van der Waals surface area contributed by atoms with E-state index in [-0.39, 0.29) is 13.0 Å². The van der Waals surface area contributed by atoms with Gasteiger partial charge in [0.15, 0.2) is 0 Å². The smallest absolute Gasteiger partial charge is 0.312 e. The van der Waals surface area contributed by atoms with Gasteiger partial charge in [-0.25, -0.2) is 0 Å². The van der Waals surface area contributed by atoms with E-state index < -0.39 is 17.8 Å². The maximum Gasteiger partial charge on any atom is 0.312 e. The van der Waals surface area contributed by atoms with Crippen molar-refractivity contribution in [1.82, 2.24) is 9.80 Å². The minimum atomic E-state index is -0.965. The normalized spacial score (nSPS) is 17.9. The minimum Gasteiger partial charge on any atom is -0.481 e. The highest BCUT2D eigenvalue weighted by atomic mass is 16.4. The highest BCUT2D eigenvalue weighted by Crippen LogP contribution is 2.04. The molecule has 0 saturated carbocycles. The number of carboxylic acid groups (broad SMARTS) is 1. The van der Waals surface area contributed by atoms with E-state index in [0.717, 1.165) is 0 Å². The summed E-state index contributed by atoms with van der Waals surface area (Å²) in [6, 6.07) is 0. The van der Waals surface area contributed by atoms with E-state index in [4.69, 9.17) is 5.11 Å². The molecule has 0 spiro atoms. The van der Waals surface area contributed by atoms with Crippen LogP contribution in [0.2, 0.25) is 0 Å². The number of nitrogens with zero attached hydrogens (tertiary/aromatic N) is 2. The Balaban J connectivity index is 2.60. The van der Waals surface area contributed by atoms with Crippen LogP contribution in [0.4, 0.5) is 0 Å². The highest BCUT2D eigenvalue weighted by Gasteiger charge is 2.27. The van der Waals surface area contributed by atoms with Crippen molar-refractivity contribution in [2.45, 2.75) is 12.8 Å². The summed E-state index contributed by atoms with van der Waals surface area (Å²) in [6.07, 6.45) is 0.566. The maximum atomic E-state index is 11.5. The Labute approximate surface area is 87.5 Å². The summed E-state index contributed by atoms with van der Waals surface area (Å²) in [5, 5.41) is 8.49. The van der Waals surface area contributed by atoms with Gasteiger partial charge >= 0.3 is 17.8 Å². The summed E-state index contributed by atoms with van der Waals surface area (Å²) in [5.74, 6) is -2.12. The third-order valence-corrected chi connectivity index (χ3v) is 2.33. The Morgan fingerprint density at radius 2 is 2.00 bits per heavy atom. The largest absolute Gasteiger partial charge is 0.481 e. The number of amides is 2. The second-order valence-electron chi connectivity index (χ2n) is 3.52. The lowest BCUT2D eigenvalue weighted by molar-refractivity contribution is -0.150. The Morgan fingerprint density at radius 3 is 2.60 bits per heavy atom. The van der Waals surface area contributed by atoms with Gasteiger partial charge in [-0.15, -0.1) is 0 Å². The van der Waals surface area contributed by atoms with Crippen LogP contribution in [-0.4, -0.2) is 59.4 Å². The molecular formula is C9H14N2O4. The first-order valence-corrected chi connectivity index (χ1v) is 4.78. The van der Waals surface area contributed by atoms with Crippen molar-refractivity contribution < 1.29 is 19.5 Å². The quantitative estimate of drug-likeness (QED) is 0.621. The number of rotatable bonds is 3. The Bertz CT molecular complexity index is 290. The van der Waals surface area contributed by atoms with Crippen LogP contribution < -0.4 is 0 Å². The fourth-order valence-electron chi connectivity index (χ4n) is 1.44. The first-order valence-electron chi connectivity index (χ1n) is 4.78. The molecule has 0 aromatic carbocycles. The van der Waals surface area contributed by atoms with E-state index in [2.05, 4.69) is 0 Å². The molecule has 15 heavy (non-hydrogen) atoms. The molecule has 2 amide bonds. The molecule has 6 nitrogen and oxygen atoms in total. The molecule has 0 aliphatic carbocycles. The second-order valence-corrected chi connectivity index (χ2v) is 3.52. The number of hydrogen-bond acceptors (Lipinski definition) is 3. The molecule has 1 N–H and O–H groups in total. The molecule has 0 atom stereocenters. The zero-order valence-electron chi connectivity index (χ0n) is 8.60. The molecule has 1 heterocycles. The van der Waals surface area contributed by atoms with Gasteiger partial charge in [0, 0.05) is 26.7 Å². The third-order valence-electron chi connectivity index (χ3n) is 2.33. The second kappa shape index (κ2) is 4.77. The molecule has 84 valence electrons. The lowest BCUT2D eigenvalue weighted by atomic mass is 10.3. The van der Waals surface area contributed by atoms with E-state index >= 15 is 0 Å². The van der Waals surface area contributed by atoms with Crippen LogP contribution in [0.1, 0.15) is 12.8 Å². The third kappa shape index (κ3) is 2.93.